The maximum Gasteiger partial charge on any atom is 0.309 e. The number of ether oxygens (including phenoxy) is 1. The van der Waals surface area contributed by atoms with E-state index in [0.29, 0.717) is 12.8 Å². The molecule has 0 radical (unpaired) electrons. The highest BCUT2D eigenvalue weighted by atomic mass is 16.5. The SMILES string of the molecule is Cc1ccc(C[C@@H]2C[C@H](C(=O)N[C@@H](C)c3ccccc3)COC2=O)cc1. The molecule has 136 valence electrons. The lowest BCUT2D eigenvalue weighted by atomic mass is 9.87. The number of aryl methyl sites for hydroxylation is 1. The normalized spacial score (nSPS) is 20.9. The Balaban J connectivity index is 1.60. The minimum Gasteiger partial charge on any atom is -0.465 e. The second-order valence-electron chi connectivity index (χ2n) is 7.09. The Hall–Kier alpha value is -2.62. The lowest BCUT2D eigenvalue weighted by Gasteiger charge is -2.28. The number of carbonyl (C=O) groups excluding carboxylic acids is 2. The molecule has 26 heavy (non-hydrogen) atoms. The predicted molar refractivity (Wildman–Crippen MR) is 100 cm³/mol. The van der Waals surface area contributed by atoms with Crippen molar-refractivity contribution in [2.45, 2.75) is 32.7 Å². The van der Waals surface area contributed by atoms with Crippen molar-refractivity contribution >= 4 is 11.9 Å². The molecule has 2 aromatic rings. The van der Waals surface area contributed by atoms with Crippen LogP contribution in [0.1, 0.15) is 36.1 Å². The molecular formula is C22H25NO3. The average Bonchev–Trinajstić information content (AvgIpc) is 2.66. The molecule has 0 unspecified atom stereocenters. The summed E-state index contributed by atoms with van der Waals surface area (Å²) in [7, 11) is 0. The molecule has 1 saturated heterocycles. The molecule has 1 fully saturated rings. The minimum absolute atomic E-state index is 0.0530. The van der Waals surface area contributed by atoms with Gasteiger partial charge in [-0.3, -0.25) is 9.59 Å². The first-order valence-electron chi connectivity index (χ1n) is 9.10. The molecular weight excluding hydrogens is 326 g/mol. The molecule has 1 aliphatic rings. The van der Waals surface area contributed by atoms with E-state index in [0.717, 1.165) is 11.1 Å². The number of cyclic esters (lactones) is 1. The number of amides is 1. The van der Waals surface area contributed by atoms with Crippen LogP contribution < -0.4 is 5.32 Å². The van der Waals surface area contributed by atoms with Crippen LogP contribution in [-0.4, -0.2) is 18.5 Å². The number of benzene rings is 2. The molecule has 4 heteroatoms. The Bertz CT molecular complexity index is 755. The molecule has 0 saturated carbocycles. The van der Waals surface area contributed by atoms with Crippen LogP contribution in [0.25, 0.3) is 0 Å². The first-order valence-corrected chi connectivity index (χ1v) is 9.10. The summed E-state index contributed by atoms with van der Waals surface area (Å²) >= 11 is 0. The molecule has 1 amide bonds. The van der Waals surface area contributed by atoms with Gasteiger partial charge in [0.15, 0.2) is 0 Å². The Morgan fingerprint density at radius 2 is 1.85 bits per heavy atom. The summed E-state index contributed by atoms with van der Waals surface area (Å²) in [6, 6.07) is 17.9. The number of hydrogen-bond donors (Lipinski definition) is 1. The summed E-state index contributed by atoms with van der Waals surface area (Å²) in [6.45, 7) is 4.16. The van der Waals surface area contributed by atoms with Gasteiger partial charge in [-0.2, -0.15) is 0 Å². The zero-order chi connectivity index (χ0) is 18.5. The maximum absolute atomic E-state index is 12.6. The number of carbonyl (C=O) groups is 2. The van der Waals surface area contributed by atoms with Crippen molar-refractivity contribution in [2.24, 2.45) is 11.8 Å². The average molecular weight is 351 g/mol. The van der Waals surface area contributed by atoms with Gasteiger partial charge in [0.1, 0.15) is 6.61 Å². The van der Waals surface area contributed by atoms with Crippen molar-refractivity contribution in [3.63, 3.8) is 0 Å². The summed E-state index contributed by atoms with van der Waals surface area (Å²) in [4.78, 5) is 24.8. The third kappa shape index (κ3) is 4.51. The fraction of sp³-hybridized carbons (Fsp3) is 0.364. The summed E-state index contributed by atoms with van der Waals surface area (Å²) in [6.07, 6.45) is 1.14. The maximum atomic E-state index is 12.6. The van der Waals surface area contributed by atoms with Gasteiger partial charge in [-0.1, -0.05) is 60.2 Å². The van der Waals surface area contributed by atoms with E-state index >= 15 is 0 Å². The summed E-state index contributed by atoms with van der Waals surface area (Å²) < 4.78 is 5.31. The van der Waals surface area contributed by atoms with Gasteiger partial charge in [-0.05, 0) is 37.8 Å². The van der Waals surface area contributed by atoms with E-state index < -0.39 is 0 Å². The summed E-state index contributed by atoms with van der Waals surface area (Å²) in [5, 5.41) is 3.04. The topological polar surface area (TPSA) is 55.4 Å². The number of rotatable bonds is 5. The van der Waals surface area contributed by atoms with Crippen LogP contribution in [-0.2, 0) is 20.7 Å². The molecule has 1 heterocycles. The van der Waals surface area contributed by atoms with Crippen LogP contribution in [0.4, 0.5) is 0 Å². The Kier molecular flexibility index (Phi) is 5.71. The standard InChI is InChI=1S/C22H25NO3/c1-15-8-10-17(11-9-15)12-19-13-20(14-26-22(19)25)21(24)23-16(2)18-6-4-3-5-7-18/h3-11,16,19-20H,12-14H2,1-2H3,(H,23,24)/t16-,19+,20-/m0/s1. The summed E-state index contributed by atoms with van der Waals surface area (Å²) in [5.41, 5.74) is 3.34. The van der Waals surface area contributed by atoms with Crippen LogP contribution in [0.5, 0.6) is 0 Å². The Morgan fingerprint density at radius 1 is 1.15 bits per heavy atom. The van der Waals surface area contributed by atoms with Crippen molar-refractivity contribution in [3.05, 3.63) is 71.3 Å². The molecule has 0 aromatic heterocycles. The smallest absolute Gasteiger partial charge is 0.309 e. The molecule has 1 aliphatic heterocycles. The van der Waals surface area contributed by atoms with Crippen LogP contribution in [0.2, 0.25) is 0 Å². The first-order chi connectivity index (χ1) is 12.5. The van der Waals surface area contributed by atoms with Crippen molar-refractivity contribution in [2.75, 3.05) is 6.61 Å². The monoisotopic (exact) mass is 351 g/mol. The van der Waals surface area contributed by atoms with Crippen molar-refractivity contribution in [1.82, 2.24) is 5.32 Å². The second kappa shape index (κ2) is 8.17. The van der Waals surface area contributed by atoms with Gasteiger partial charge in [0.2, 0.25) is 5.91 Å². The van der Waals surface area contributed by atoms with E-state index in [9.17, 15) is 9.59 Å². The predicted octanol–water partition coefficient (Wildman–Crippen LogP) is 3.59. The van der Waals surface area contributed by atoms with E-state index in [1.807, 2.05) is 68.4 Å². The van der Waals surface area contributed by atoms with E-state index in [2.05, 4.69) is 5.32 Å². The molecule has 3 atom stereocenters. The number of esters is 1. The van der Waals surface area contributed by atoms with Crippen LogP contribution in [0, 0.1) is 18.8 Å². The fourth-order valence-corrected chi connectivity index (χ4v) is 3.32. The molecule has 0 bridgehead atoms. The highest BCUT2D eigenvalue weighted by molar-refractivity contribution is 5.82. The lowest BCUT2D eigenvalue weighted by molar-refractivity contribution is -0.158. The third-order valence-electron chi connectivity index (χ3n) is 4.96. The fourth-order valence-electron chi connectivity index (χ4n) is 3.32. The van der Waals surface area contributed by atoms with Crippen molar-refractivity contribution < 1.29 is 14.3 Å². The van der Waals surface area contributed by atoms with E-state index in [1.165, 1.54) is 5.56 Å². The number of nitrogens with one attached hydrogen (secondary N) is 1. The first kappa shape index (κ1) is 18.2. The Labute approximate surface area is 154 Å². The lowest BCUT2D eigenvalue weighted by Crippen LogP contribution is -2.41. The van der Waals surface area contributed by atoms with Crippen molar-refractivity contribution in [3.8, 4) is 0 Å². The molecule has 2 aromatic carbocycles. The molecule has 4 nitrogen and oxygen atoms in total. The van der Waals surface area contributed by atoms with Gasteiger partial charge < -0.3 is 10.1 Å². The highest BCUT2D eigenvalue weighted by Crippen LogP contribution is 2.25. The quantitative estimate of drug-likeness (QED) is 0.838. The van der Waals surface area contributed by atoms with Crippen LogP contribution >= 0.6 is 0 Å². The van der Waals surface area contributed by atoms with E-state index in [-0.39, 0.29) is 36.4 Å². The number of hydrogen-bond acceptors (Lipinski definition) is 3. The van der Waals surface area contributed by atoms with Gasteiger partial charge in [-0.15, -0.1) is 0 Å². The van der Waals surface area contributed by atoms with E-state index in [1.54, 1.807) is 0 Å². The Morgan fingerprint density at radius 3 is 2.54 bits per heavy atom. The minimum atomic E-state index is -0.297. The van der Waals surface area contributed by atoms with E-state index in [4.69, 9.17) is 4.74 Å². The highest BCUT2D eigenvalue weighted by Gasteiger charge is 2.34. The molecule has 0 aliphatic carbocycles. The third-order valence-corrected chi connectivity index (χ3v) is 4.96. The van der Waals surface area contributed by atoms with Crippen LogP contribution in [0.15, 0.2) is 54.6 Å². The van der Waals surface area contributed by atoms with Crippen LogP contribution in [0.3, 0.4) is 0 Å². The van der Waals surface area contributed by atoms with Crippen molar-refractivity contribution in [1.29, 1.82) is 0 Å². The van der Waals surface area contributed by atoms with Gasteiger partial charge in [0.25, 0.3) is 0 Å². The molecule has 3 rings (SSSR count). The largest absolute Gasteiger partial charge is 0.465 e. The molecule has 0 spiro atoms. The van der Waals surface area contributed by atoms with Gasteiger partial charge in [0.05, 0.1) is 17.9 Å². The zero-order valence-corrected chi connectivity index (χ0v) is 15.3. The molecule has 1 N–H and O–H groups in total. The van der Waals surface area contributed by atoms with Gasteiger partial charge in [-0.25, -0.2) is 0 Å². The van der Waals surface area contributed by atoms with Gasteiger partial charge in [0, 0.05) is 0 Å². The summed E-state index contributed by atoms with van der Waals surface area (Å²) in [5.74, 6) is -0.822. The second-order valence-corrected chi connectivity index (χ2v) is 7.09. The zero-order valence-electron chi connectivity index (χ0n) is 15.3. The van der Waals surface area contributed by atoms with Gasteiger partial charge >= 0.3 is 5.97 Å².